The lowest BCUT2D eigenvalue weighted by atomic mass is 9.95. The molecule has 1 aromatic carbocycles. The van der Waals surface area contributed by atoms with E-state index < -0.39 is 11.6 Å². The zero-order chi connectivity index (χ0) is 13.0. The van der Waals surface area contributed by atoms with Gasteiger partial charge in [-0.25, -0.2) is 8.78 Å². The molecule has 0 aromatic heterocycles. The van der Waals surface area contributed by atoms with Gasteiger partial charge in [-0.15, -0.1) is 0 Å². The zero-order valence-corrected chi connectivity index (χ0v) is 10.4. The van der Waals surface area contributed by atoms with Crippen molar-refractivity contribution in [2.45, 2.75) is 25.8 Å². The van der Waals surface area contributed by atoms with Gasteiger partial charge < -0.3 is 5.11 Å². The molecule has 1 heterocycles. The highest BCUT2D eigenvalue weighted by molar-refractivity contribution is 5.17. The van der Waals surface area contributed by atoms with Crippen LogP contribution in [0.25, 0.3) is 0 Å². The Morgan fingerprint density at radius 2 is 2.11 bits per heavy atom. The van der Waals surface area contributed by atoms with Crippen molar-refractivity contribution < 1.29 is 13.9 Å². The van der Waals surface area contributed by atoms with Crippen LogP contribution in [0.5, 0.6) is 0 Å². The fraction of sp³-hybridized carbons (Fsp3) is 0.571. The summed E-state index contributed by atoms with van der Waals surface area (Å²) < 4.78 is 25.9. The van der Waals surface area contributed by atoms with Crippen molar-refractivity contribution in [1.29, 1.82) is 0 Å². The quantitative estimate of drug-likeness (QED) is 0.893. The number of aliphatic hydroxyl groups excluding tert-OH is 1. The molecule has 100 valence electrons. The highest BCUT2D eigenvalue weighted by atomic mass is 19.2. The van der Waals surface area contributed by atoms with E-state index in [4.69, 9.17) is 5.11 Å². The van der Waals surface area contributed by atoms with E-state index in [1.807, 2.05) is 0 Å². The Morgan fingerprint density at radius 1 is 1.28 bits per heavy atom. The minimum atomic E-state index is -0.796. The lowest BCUT2D eigenvalue weighted by molar-refractivity contribution is 0.142. The second-order valence-corrected chi connectivity index (χ2v) is 5.00. The van der Waals surface area contributed by atoms with Gasteiger partial charge >= 0.3 is 0 Å². The Bertz CT molecular complexity index is 395. The van der Waals surface area contributed by atoms with Gasteiger partial charge in [-0.3, -0.25) is 4.90 Å². The molecule has 2 rings (SSSR count). The highest BCUT2D eigenvalue weighted by Gasteiger charge is 2.19. The molecule has 0 bridgehead atoms. The van der Waals surface area contributed by atoms with E-state index in [-0.39, 0.29) is 6.61 Å². The van der Waals surface area contributed by atoms with Gasteiger partial charge in [-0.2, -0.15) is 0 Å². The van der Waals surface area contributed by atoms with Gasteiger partial charge in [0.2, 0.25) is 0 Å². The molecule has 0 radical (unpaired) electrons. The summed E-state index contributed by atoms with van der Waals surface area (Å²) in [6.07, 6.45) is 3.08. The van der Waals surface area contributed by atoms with Gasteiger partial charge in [-0.1, -0.05) is 6.07 Å². The van der Waals surface area contributed by atoms with Gasteiger partial charge in [0, 0.05) is 19.7 Å². The zero-order valence-electron chi connectivity index (χ0n) is 10.4. The highest BCUT2D eigenvalue weighted by Crippen LogP contribution is 2.21. The summed E-state index contributed by atoms with van der Waals surface area (Å²) in [6.45, 7) is 2.79. The number of rotatable bonds is 4. The van der Waals surface area contributed by atoms with Crippen molar-refractivity contribution in [3.05, 3.63) is 35.4 Å². The topological polar surface area (TPSA) is 23.5 Å². The molecule has 1 fully saturated rings. The number of nitrogens with zero attached hydrogens (tertiary/aromatic N) is 1. The average molecular weight is 255 g/mol. The molecule has 2 nitrogen and oxygen atoms in total. The van der Waals surface area contributed by atoms with E-state index in [0.717, 1.165) is 37.9 Å². The van der Waals surface area contributed by atoms with Gasteiger partial charge in [0.15, 0.2) is 11.6 Å². The summed E-state index contributed by atoms with van der Waals surface area (Å²) in [5.41, 5.74) is 0.804. The van der Waals surface area contributed by atoms with Crippen LogP contribution in [0, 0.1) is 17.6 Å². The Balaban J connectivity index is 1.93. The standard InChI is InChI=1S/C14H19F2NO/c15-13-4-3-12(8-14(13)16)10-17-6-1-2-11(9-17)5-7-18/h3-4,8,11,18H,1-2,5-7,9-10H2. The van der Waals surface area contributed by atoms with Crippen molar-refractivity contribution in [1.82, 2.24) is 4.90 Å². The Morgan fingerprint density at radius 3 is 2.83 bits per heavy atom. The number of halogens is 2. The summed E-state index contributed by atoms with van der Waals surface area (Å²) in [4.78, 5) is 2.25. The minimum Gasteiger partial charge on any atom is -0.396 e. The first-order valence-electron chi connectivity index (χ1n) is 6.46. The molecule has 1 unspecified atom stereocenters. The van der Waals surface area contributed by atoms with E-state index in [2.05, 4.69) is 4.90 Å². The molecule has 1 atom stereocenters. The van der Waals surface area contributed by atoms with Crippen LogP contribution >= 0.6 is 0 Å². The molecular formula is C14H19F2NO. The molecular weight excluding hydrogens is 236 g/mol. The summed E-state index contributed by atoms with van der Waals surface area (Å²) in [5.74, 6) is -1.05. The summed E-state index contributed by atoms with van der Waals surface area (Å²) in [6, 6.07) is 4.08. The van der Waals surface area contributed by atoms with E-state index in [9.17, 15) is 8.78 Å². The number of likely N-dealkylation sites (tertiary alicyclic amines) is 1. The van der Waals surface area contributed by atoms with E-state index in [1.54, 1.807) is 6.07 Å². The normalized spacial score (nSPS) is 21.2. The Hall–Kier alpha value is -1.00. The SMILES string of the molecule is OCCC1CCCN(Cc2ccc(F)c(F)c2)C1. The average Bonchev–Trinajstić information content (AvgIpc) is 2.35. The first kappa shape index (κ1) is 13.4. The molecule has 1 aliphatic heterocycles. The van der Waals surface area contributed by atoms with Gasteiger partial charge in [0.25, 0.3) is 0 Å². The lowest BCUT2D eigenvalue weighted by Gasteiger charge is -2.32. The number of aliphatic hydroxyl groups is 1. The number of benzene rings is 1. The first-order valence-corrected chi connectivity index (χ1v) is 6.46. The molecule has 1 saturated heterocycles. The van der Waals surface area contributed by atoms with Crippen LogP contribution < -0.4 is 0 Å². The minimum absolute atomic E-state index is 0.226. The maximum Gasteiger partial charge on any atom is 0.159 e. The van der Waals surface area contributed by atoms with Crippen LogP contribution in [0.1, 0.15) is 24.8 Å². The summed E-state index contributed by atoms with van der Waals surface area (Å²) in [5, 5.41) is 8.95. The molecule has 18 heavy (non-hydrogen) atoms. The van der Waals surface area contributed by atoms with Crippen LogP contribution in [0.4, 0.5) is 8.78 Å². The second kappa shape index (κ2) is 6.25. The molecule has 0 amide bonds. The molecule has 1 aliphatic rings. The predicted octanol–water partition coefficient (Wildman–Crippen LogP) is 2.56. The van der Waals surface area contributed by atoms with Gasteiger partial charge in [-0.05, 0) is 49.4 Å². The monoisotopic (exact) mass is 255 g/mol. The smallest absolute Gasteiger partial charge is 0.159 e. The van der Waals surface area contributed by atoms with Crippen molar-refractivity contribution in [3.63, 3.8) is 0 Å². The Kier molecular flexibility index (Phi) is 4.66. The summed E-state index contributed by atoms with van der Waals surface area (Å²) >= 11 is 0. The predicted molar refractivity (Wildman–Crippen MR) is 66.1 cm³/mol. The lowest BCUT2D eigenvalue weighted by Crippen LogP contribution is -2.35. The molecule has 4 heteroatoms. The van der Waals surface area contributed by atoms with Crippen molar-refractivity contribution >= 4 is 0 Å². The van der Waals surface area contributed by atoms with Crippen LogP contribution in [0.2, 0.25) is 0 Å². The fourth-order valence-electron chi connectivity index (χ4n) is 2.61. The molecule has 1 aromatic rings. The van der Waals surface area contributed by atoms with Crippen molar-refractivity contribution in [3.8, 4) is 0 Å². The van der Waals surface area contributed by atoms with Crippen molar-refractivity contribution in [2.75, 3.05) is 19.7 Å². The molecule has 1 N–H and O–H groups in total. The maximum atomic E-state index is 13.1. The maximum absolute atomic E-state index is 13.1. The van der Waals surface area contributed by atoms with E-state index in [1.165, 1.54) is 12.1 Å². The van der Waals surface area contributed by atoms with Gasteiger partial charge in [0.05, 0.1) is 0 Å². The number of hydrogen-bond donors (Lipinski definition) is 1. The number of piperidine rings is 1. The largest absolute Gasteiger partial charge is 0.396 e. The van der Waals surface area contributed by atoms with Crippen LogP contribution in [-0.2, 0) is 6.54 Å². The third kappa shape index (κ3) is 3.50. The van der Waals surface area contributed by atoms with Crippen LogP contribution in [0.15, 0.2) is 18.2 Å². The second-order valence-electron chi connectivity index (χ2n) is 5.00. The van der Waals surface area contributed by atoms with E-state index >= 15 is 0 Å². The van der Waals surface area contributed by atoms with Crippen molar-refractivity contribution in [2.24, 2.45) is 5.92 Å². The molecule has 0 saturated carbocycles. The summed E-state index contributed by atoms with van der Waals surface area (Å²) in [7, 11) is 0. The Labute approximate surface area is 106 Å². The van der Waals surface area contributed by atoms with Gasteiger partial charge in [0.1, 0.15) is 0 Å². The first-order chi connectivity index (χ1) is 8.69. The third-order valence-corrected chi connectivity index (χ3v) is 3.53. The third-order valence-electron chi connectivity index (χ3n) is 3.53. The van der Waals surface area contributed by atoms with Crippen LogP contribution in [0.3, 0.4) is 0 Å². The van der Waals surface area contributed by atoms with Crippen LogP contribution in [-0.4, -0.2) is 29.7 Å². The van der Waals surface area contributed by atoms with E-state index in [0.29, 0.717) is 12.5 Å². The molecule has 0 spiro atoms. The fourth-order valence-corrected chi connectivity index (χ4v) is 2.61. The molecule has 0 aliphatic carbocycles. The number of hydrogen-bond acceptors (Lipinski definition) is 2.